The molecule has 0 aromatic heterocycles. The molecular formula is C50H62N2O21S5. The van der Waals surface area contributed by atoms with Gasteiger partial charge in [0, 0.05) is 60.0 Å². The van der Waals surface area contributed by atoms with Gasteiger partial charge in [-0.3, -0.25) is 23.0 Å². The maximum atomic E-state index is 12.8. The number of aliphatic carboxylic acids is 1. The van der Waals surface area contributed by atoms with Crippen LogP contribution in [0.25, 0.3) is 21.5 Å². The van der Waals surface area contributed by atoms with Crippen molar-refractivity contribution in [3.8, 4) is 0 Å². The van der Waals surface area contributed by atoms with Crippen molar-refractivity contribution in [1.29, 1.82) is 0 Å². The first-order chi connectivity index (χ1) is 36.3. The fourth-order valence-corrected chi connectivity index (χ4v) is 13.3. The molecule has 23 nitrogen and oxygen atoms in total. The Morgan fingerprint density at radius 2 is 1.22 bits per heavy atom. The first-order valence-electron chi connectivity index (χ1n) is 24.3. The largest absolute Gasteiger partial charge is 0.744 e. The minimum absolute atomic E-state index is 0.0254. The molecule has 0 saturated carbocycles. The first kappa shape index (κ1) is 62.2. The molecule has 0 fully saturated rings. The summed E-state index contributed by atoms with van der Waals surface area (Å²) in [5.41, 5.74) is 0.272. The number of hydrogen-bond acceptors (Lipinski definition) is 17. The van der Waals surface area contributed by atoms with Crippen molar-refractivity contribution in [2.75, 3.05) is 77.1 Å². The van der Waals surface area contributed by atoms with Gasteiger partial charge in [0.05, 0.1) is 65.5 Å². The third-order valence-electron chi connectivity index (χ3n) is 13.5. The summed E-state index contributed by atoms with van der Waals surface area (Å²) in [6, 6.07) is 9.22. The zero-order valence-corrected chi connectivity index (χ0v) is 47.1. The summed E-state index contributed by atoms with van der Waals surface area (Å²) >= 11 is 0. The molecule has 6 rings (SSSR count). The maximum Gasteiger partial charge on any atom is 0.303 e. The minimum atomic E-state index is -5.28. The Morgan fingerprint density at radius 3 is 1.78 bits per heavy atom. The van der Waals surface area contributed by atoms with Crippen LogP contribution in [0.5, 0.6) is 0 Å². The molecule has 2 aliphatic rings. The number of nitrogens with zero attached hydrogens (tertiary/aromatic N) is 2. The van der Waals surface area contributed by atoms with Crippen LogP contribution in [0.15, 0.2) is 104 Å². The van der Waals surface area contributed by atoms with Crippen LogP contribution in [0.4, 0.5) is 11.4 Å². The van der Waals surface area contributed by atoms with Gasteiger partial charge in [0.15, 0.2) is 12.3 Å². The molecule has 28 heteroatoms. The van der Waals surface area contributed by atoms with Gasteiger partial charge >= 0.3 is 5.97 Å². The zero-order valence-electron chi connectivity index (χ0n) is 43.0. The number of allylic oxidation sites excluding steroid dienone is 6. The second-order valence-electron chi connectivity index (χ2n) is 19.2. The first-order valence-corrected chi connectivity index (χ1v) is 31.6. The monoisotopic (exact) mass is 1190 g/mol. The van der Waals surface area contributed by atoms with Crippen LogP contribution in [0.2, 0.25) is 0 Å². The van der Waals surface area contributed by atoms with Crippen LogP contribution < -0.4 is 4.90 Å². The van der Waals surface area contributed by atoms with Crippen molar-refractivity contribution in [2.24, 2.45) is 0 Å². The molecule has 0 saturated heterocycles. The summed E-state index contributed by atoms with van der Waals surface area (Å²) in [5, 5.41) is 9.08. The summed E-state index contributed by atoms with van der Waals surface area (Å²) in [6.07, 6.45) is 9.40. The molecule has 0 spiro atoms. The minimum Gasteiger partial charge on any atom is -0.744 e. The molecule has 1 unspecified atom stereocenters. The van der Waals surface area contributed by atoms with Gasteiger partial charge in [0.25, 0.3) is 40.5 Å². The fraction of sp³-hybridized carbons (Fsp3) is 0.440. The van der Waals surface area contributed by atoms with Crippen LogP contribution in [-0.2, 0) is 85.2 Å². The highest BCUT2D eigenvalue weighted by molar-refractivity contribution is 7.87. The average molecular weight is 1190 g/mol. The summed E-state index contributed by atoms with van der Waals surface area (Å²) in [5.74, 6) is -1.67. The second kappa shape index (κ2) is 24.8. The van der Waals surface area contributed by atoms with Gasteiger partial charge in [-0.1, -0.05) is 44.6 Å². The lowest BCUT2D eigenvalue weighted by atomic mass is 9.74. The maximum absolute atomic E-state index is 12.8. The number of carboxylic acid groups (broad SMARTS) is 1. The smallest absolute Gasteiger partial charge is 0.303 e. The Hall–Kier alpha value is -5.05. The Balaban J connectivity index is 1.47. The average Bonchev–Trinajstić information content (AvgIpc) is 3.87. The Kier molecular flexibility index (Phi) is 19.7. The highest BCUT2D eigenvalue weighted by Gasteiger charge is 2.49. The van der Waals surface area contributed by atoms with Gasteiger partial charge in [0.1, 0.15) is 21.6 Å². The van der Waals surface area contributed by atoms with Gasteiger partial charge in [-0.25, -0.2) is 8.42 Å². The summed E-state index contributed by atoms with van der Waals surface area (Å²) < 4.78 is 202. The molecule has 78 heavy (non-hydrogen) atoms. The van der Waals surface area contributed by atoms with E-state index >= 15 is 0 Å². The van der Waals surface area contributed by atoms with E-state index in [9.17, 15) is 74.8 Å². The summed E-state index contributed by atoms with van der Waals surface area (Å²) in [7, 11) is -23.5. The van der Waals surface area contributed by atoms with Crippen molar-refractivity contribution >= 4 is 95.2 Å². The Bertz CT molecular complexity index is 3670. The lowest BCUT2D eigenvalue weighted by Gasteiger charge is -2.27. The predicted molar refractivity (Wildman–Crippen MR) is 285 cm³/mol. The number of methoxy groups -OCH3 is 1. The SMILES string of the molecule is COCCOCCOCCOCC[N+]1=C(/C=C/C=C/C=C2/N(CCCCCC(=O)O)c3ccc4c(S(=O)(=O)[O-])cc(S(=O)(=O)O)cc4c3C2(C)C)C(C)(CCCS(=O)(=O)O)c2c1ccc1c(S(=O)(=O)O)cc(S(=O)(=O)O)cc21. The van der Waals surface area contributed by atoms with E-state index in [1.165, 1.54) is 12.1 Å². The van der Waals surface area contributed by atoms with Crippen molar-refractivity contribution in [3.63, 3.8) is 0 Å². The predicted octanol–water partition coefficient (Wildman–Crippen LogP) is 5.80. The van der Waals surface area contributed by atoms with Crippen LogP contribution in [-0.4, -0.2) is 158 Å². The number of rotatable bonds is 29. The van der Waals surface area contributed by atoms with Gasteiger partial charge in [0.2, 0.25) is 5.69 Å². The molecule has 5 N–H and O–H groups in total. The van der Waals surface area contributed by atoms with Gasteiger partial charge in [-0.05, 0) is 96.8 Å². The van der Waals surface area contributed by atoms with E-state index in [0.717, 1.165) is 12.1 Å². The number of anilines is 1. The molecule has 2 aliphatic heterocycles. The highest BCUT2D eigenvalue weighted by Crippen LogP contribution is 2.52. The van der Waals surface area contributed by atoms with Crippen molar-refractivity contribution in [1.82, 2.24) is 0 Å². The molecule has 0 bridgehead atoms. The molecule has 2 heterocycles. The Morgan fingerprint density at radius 1 is 0.654 bits per heavy atom. The molecule has 0 aliphatic carbocycles. The zero-order chi connectivity index (χ0) is 57.6. The van der Waals surface area contributed by atoms with E-state index in [0.29, 0.717) is 86.1 Å². The van der Waals surface area contributed by atoms with E-state index in [-0.39, 0.29) is 79.3 Å². The second-order valence-corrected chi connectivity index (χ2v) is 26.4. The van der Waals surface area contributed by atoms with Crippen LogP contribution in [0.3, 0.4) is 0 Å². The van der Waals surface area contributed by atoms with Gasteiger partial charge in [-0.2, -0.15) is 38.2 Å². The normalized spacial score (nSPS) is 17.7. The third kappa shape index (κ3) is 14.6. The van der Waals surface area contributed by atoms with Crippen molar-refractivity contribution < 1.29 is 98.3 Å². The van der Waals surface area contributed by atoms with Crippen molar-refractivity contribution in [3.05, 3.63) is 95.7 Å². The van der Waals surface area contributed by atoms with E-state index < -0.39 is 92.7 Å². The number of carbonyl (C=O) groups is 1. The molecular weight excluding hydrogens is 1120 g/mol. The molecule has 4 aromatic carbocycles. The van der Waals surface area contributed by atoms with Gasteiger partial charge < -0.3 is 33.5 Å². The number of benzene rings is 4. The summed E-state index contributed by atoms with van der Waals surface area (Å²) in [4.78, 5) is 9.83. The van der Waals surface area contributed by atoms with E-state index in [1.807, 2.05) is 4.90 Å². The molecule has 428 valence electrons. The van der Waals surface area contributed by atoms with Crippen LogP contribution in [0.1, 0.15) is 70.4 Å². The summed E-state index contributed by atoms with van der Waals surface area (Å²) in [6.45, 7) is 7.50. The topological polar surface area (TPSA) is 355 Å². The molecule has 1 atom stereocenters. The number of fused-ring (bicyclic) bond motifs is 6. The standard InChI is InChI=1S/C50H62N2O21S5/c1-49(2)44(51(20-10-6-9-14-46(53)54)40-17-15-36-38(47(40)49)30-34(75(58,59)60)32-42(36)77(64,65)66)12-7-5-8-13-45-50(3,19-11-29-74(55,56)57)48-39-31-35(76(61,62)63)33-43(78(67,68)69)37(39)16-18-41(48)52(45)21-22-71-25-26-73-28-27-72-24-23-70-4/h5,7-8,12-13,15-18,30-33H,6,9-11,14,19-29H2,1-4H3,(H5-,53,54,55,56,57,58,59,60,61,62,63,64,65,66,67,68,69). The molecule has 0 amide bonds. The lowest BCUT2D eigenvalue weighted by Crippen LogP contribution is -2.33. The van der Waals surface area contributed by atoms with E-state index in [1.54, 1.807) is 75.0 Å². The molecule has 4 aromatic rings. The Labute approximate surface area is 453 Å². The van der Waals surface area contributed by atoms with Crippen molar-refractivity contribution in [2.45, 2.75) is 89.7 Å². The van der Waals surface area contributed by atoms with Gasteiger partial charge in [-0.15, -0.1) is 0 Å². The fourth-order valence-electron chi connectivity index (χ4n) is 10.1. The number of hydrogen-bond donors (Lipinski definition) is 5. The number of unbranched alkanes of at least 4 members (excludes halogenated alkanes) is 2. The van der Waals surface area contributed by atoms with E-state index in [2.05, 4.69) is 0 Å². The lowest BCUT2D eigenvalue weighted by molar-refractivity contribution is -0.442. The quantitative estimate of drug-likeness (QED) is 0.0186. The number of carboxylic acids is 1. The van der Waals surface area contributed by atoms with E-state index in [4.69, 9.17) is 18.9 Å². The highest BCUT2D eigenvalue weighted by atomic mass is 32.2. The molecule has 0 radical (unpaired) electrons. The van der Waals surface area contributed by atoms with Crippen LogP contribution >= 0.6 is 0 Å². The van der Waals surface area contributed by atoms with Crippen LogP contribution in [0, 0.1) is 0 Å². The third-order valence-corrected chi connectivity index (χ3v) is 17.7. The number of ether oxygens (including phenoxy) is 4.